The molecule has 0 unspecified atom stereocenters. The van der Waals surface area contributed by atoms with Gasteiger partial charge in [0.05, 0.1) is 27.9 Å². The van der Waals surface area contributed by atoms with Gasteiger partial charge in [-0.2, -0.15) is 4.98 Å². The predicted molar refractivity (Wildman–Crippen MR) is 124 cm³/mol. The van der Waals surface area contributed by atoms with Crippen LogP contribution in [0.3, 0.4) is 0 Å². The lowest BCUT2D eigenvalue weighted by atomic mass is 10.2. The molecular formula is C24H17F2N5O2S. The van der Waals surface area contributed by atoms with Gasteiger partial charge >= 0.3 is 0 Å². The molecule has 10 heteroatoms. The van der Waals surface area contributed by atoms with E-state index in [-0.39, 0.29) is 17.3 Å². The first-order valence-corrected chi connectivity index (χ1v) is 11.2. The van der Waals surface area contributed by atoms with Crippen LogP contribution >= 0.6 is 11.8 Å². The molecular weight excluding hydrogens is 460 g/mol. The monoisotopic (exact) mass is 477 g/mol. The van der Waals surface area contributed by atoms with E-state index in [2.05, 4.69) is 25.4 Å². The van der Waals surface area contributed by atoms with Crippen LogP contribution in [0.1, 0.15) is 22.1 Å². The summed E-state index contributed by atoms with van der Waals surface area (Å²) in [5, 5.41) is 6.65. The van der Waals surface area contributed by atoms with E-state index >= 15 is 0 Å². The van der Waals surface area contributed by atoms with Crippen LogP contribution in [0, 0.1) is 18.6 Å². The molecule has 0 radical (unpaired) electrons. The Bertz CT molecular complexity index is 1510. The first-order chi connectivity index (χ1) is 16.5. The second-order valence-electron chi connectivity index (χ2n) is 7.42. The van der Waals surface area contributed by atoms with Crippen molar-refractivity contribution in [3.8, 4) is 11.4 Å². The molecule has 34 heavy (non-hydrogen) atoms. The van der Waals surface area contributed by atoms with Crippen LogP contribution in [-0.4, -0.2) is 26.0 Å². The number of imidazole rings is 1. The largest absolute Gasteiger partial charge is 0.338 e. The van der Waals surface area contributed by atoms with Crippen LogP contribution in [0.2, 0.25) is 0 Å². The van der Waals surface area contributed by atoms with Crippen LogP contribution in [0.5, 0.6) is 0 Å². The SMILES string of the molecule is Cc1noc(CSc2ccccc2C(=O)Nc2ccc3nc(-c4cc(F)ccc4F)[nH]c3c2)n1. The molecule has 0 bridgehead atoms. The fraction of sp³-hybridized carbons (Fsp3) is 0.0833. The number of hydrogen-bond acceptors (Lipinski definition) is 6. The van der Waals surface area contributed by atoms with Crippen LogP contribution in [0.4, 0.5) is 14.5 Å². The second-order valence-corrected chi connectivity index (χ2v) is 8.43. The standard InChI is InChI=1S/C24H17F2N5O2S/c1-13-27-22(33-31-13)12-34-21-5-3-2-4-16(21)24(32)28-15-7-9-19-20(11-15)30-23(29-19)17-10-14(25)6-8-18(17)26/h2-11H,12H2,1H3,(H,28,32)(H,29,30). The zero-order chi connectivity index (χ0) is 23.7. The van der Waals surface area contributed by atoms with Crippen LogP contribution < -0.4 is 5.32 Å². The Kier molecular flexibility index (Phi) is 5.81. The molecule has 5 rings (SSSR count). The molecule has 0 fully saturated rings. The lowest BCUT2D eigenvalue weighted by Gasteiger charge is -2.09. The second kappa shape index (κ2) is 9.06. The van der Waals surface area contributed by atoms with Crippen molar-refractivity contribution < 1.29 is 18.1 Å². The van der Waals surface area contributed by atoms with Crippen LogP contribution in [0.15, 0.2) is 70.1 Å². The highest BCUT2D eigenvalue weighted by Gasteiger charge is 2.15. The van der Waals surface area contributed by atoms with Crippen molar-refractivity contribution in [1.82, 2.24) is 20.1 Å². The van der Waals surface area contributed by atoms with Gasteiger partial charge in [-0.25, -0.2) is 13.8 Å². The Morgan fingerprint density at radius 2 is 1.94 bits per heavy atom. The first-order valence-electron chi connectivity index (χ1n) is 10.2. The van der Waals surface area contributed by atoms with E-state index in [0.29, 0.717) is 39.8 Å². The number of amides is 1. The first kappa shape index (κ1) is 21.8. The Morgan fingerprint density at radius 3 is 2.76 bits per heavy atom. The predicted octanol–water partition coefficient (Wildman–Crippen LogP) is 5.74. The Hall–Kier alpha value is -4.05. The van der Waals surface area contributed by atoms with Crippen molar-refractivity contribution in [2.75, 3.05) is 5.32 Å². The zero-order valence-electron chi connectivity index (χ0n) is 17.8. The molecule has 2 heterocycles. The molecule has 2 N–H and O–H groups in total. The molecule has 3 aromatic carbocycles. The summed E-state index contributed by atoms with van der Waals surface area (Å²) in [4.78, 5) is 25.3. The van der Waals surface area contributed by atoms with Crippen LogP contribution in [-0.2, 0) is 5.75 Å². The molecule has 0 spiro atoms. The summed E-state index contributed by atoms with van der Waals surface area (Å²) in [6, 6.07) is 15.5. The summed E-state index contributed by atoms with van der Waals surface area (Å²) < 4.78 is 32.8. The molecule has 0 saturated carbocycles. The summed E-state index contributed by atoms with van der Waals surface area (Å²) >= 11 is 1.42. The van der Waals surface area contributed by atoms with E-state index in [4.69, 9.17) is 4.52 Å². The number of hydrogen-bond donors (Lipinski definition) is 2. The summed E-state index contributed by atoms with van der Waals surface area (Å²) in [6.07, 6.45) is 0. The summed E-state index contributed by atoms with van der Waals surface area (Å²) in [5.74, 6) is 0.236. The topological polar surface area (TPSA) is 96.7 Å². The summed E-state index contributed by atoms with van der Waals surface area (Å²) in [5.41, 5.74) is 2.19. The molecule has 0 atom stereocenters. The molecule has 0 aliphatic rings. The van der Waals surface area contributed by atoms with E-state index in [1.54, 1.807) is 37.3 Å². The average Bonchev–Trinajstić information content (AvgIpc) is 3.45. The molecule has 0 aliphatic carbocycles. The van der Waals surface area contributed by atoms with Gasteiger partial charge < -0.3 is 14.8 Å². The third-order valence-corrected chi connectivity index (χ3v) is 6.03. The summed E-state index contributed by atoms with van der Waals surface area (Å²) in [7, 11) is 0. The number of aryl methyl sites for hydroxylation is 1. The number of nitrogens with zero attached hydrogens (tertiary/aromatic N) is 3. The third kappa shape index (κ3) is 4.53. The summed E-state index contributed by atoms with van der Waals surface area (Å²) in [6.45, 7) is 1.74. The molecule has 0 aliphatic heterocycles. The number of thioether (sulfide) groups is 1. The lowest BCUT2D eigenvalue weighted by Crippen LogP contribution is -2.13. The maximum Gasteiger partial charge on any atom is 0.256 e. The molecule has 2 aromatic heterocycles. The number of aromatic amines is 1. The van der Waals surface area contributed by atoms with E-state index in [1.165, 1.54) is 11.8 Å². The number of carbonyl (C=O) groups is 1. The van der Waals surface area contributed by atoms with Gasteiger partial charge in [-0.1, -0.05) is 17.3 Å². The number of rotatable bonds is 6. The number of fused-ring (bicyclic) bond motifs is 1. The van der Waals surface area contributed by atoms with E-state index in [9.17, 15) is 13.6 Å². The van der Waals surface area contributed by atoms with E-state index in [0.717, 1.165) is 23.1 Å². The van der Waals surface area contributed by atoms with Gasteiger partial charge in [-0.3, -0.25) is 4.79 Å². The molecule has 1 amide bonds. The van der Waals surface area contributed by atoms with Gasteiger partial charge in [-0.15, -0.1) is 11.8 Å². The number of H-pyrrole nitrogens is 1. The quantitative estimate of drug-likeness (QED) is 0.303. The maximum absolute atomic E-state index is 14.1. The van der Waals surface area contributed by atoms with Crippen molar-refractivity contribution in [2.45, 2.75) is 17.6 Å². The van der Waals surface area contributed by atoms with Crippen LogP contribution in [0.25, 0.3) is 22.4 Å². The van der Waals surface area contributed by atoms with Crippen molar-refractivity contribution in [3.05, 3.63) is 89.6 Å². The normalized spacial score (nSPS) is 11.1. The van der Waals surface area contributed by atoms with Crippen molar-refractivity contribution >= 4 is 34.4 Å². The van der Waals surface area contributed by atoms with Gasteiger partial charge in [0.1, 0.15) is 17.5 Å². The fourth-order valence-corrected chi connectivity index (χ4v) is 4.30. The number of carbonyl (C=O) groups excluding carboxylic acids is 1. The fourth-order valence-electron chi connectivity index (χ4n) is 3.41. The highest BCUT2D eigenvalue weighted by Crippen LogP contribution is 2.28. The van der Waals surface area contributed by atoms with Gasteiger partial charge in [-0.05, 0) is 55.5 Å². The van der Waals surface area contributed by atoms with Crippen molar-refractivity contribution in [2.24, 2.45) is 0 Å². The molecule has 7 nitrogen and oxygen atoms in total. The van der Waals surface area contributed by atoms with Gasteiger partial charge in [0.2, 0.25) is 5.89 Å². The van der Waals surface area contributed by atoms with E-state index in [1.807, 2.05) is 12.1 Å². The minimum Gasteiger partial charge on any atom is -0.338 e. The number of nitrogens with one attached hydrogen (secondary N) is 2. The van der Waals surface area contributed by atoms with E-state index < -0.39 is 11.6 Å². The van der Waals surface area contributed by atoms with Gasteiger partial charge in [0, 0.05) is 10.6 Å². The minimum absolute atomic E-state index is 0.0316. The van der Waals surface area contributed by atoms with Crippen molar-refractivity contribution in [3.63, 3.8) is 0 Å². The average molecular weight is 477 g/mol. The Balaban J connectivity index is 1.36. The molecule has 0 saturated heterocycles. The number of anilines is 1. The maximum atomic E-state index is 14.1. The van der Waals surface area contributed by atoms with Crippen molar-refractivity contribution in [1.29, 1.82) is 0 Å². The van der Waals surface area contributed by atoms with Gasteiger partial charge in [0.15, 0.2) is 5.82 Å². The highest BCUT2D eigenvalue weighted by atomic mass is 32.2. The Morgan fingerprint density at radius 1 is 1.09 bits per heavy atom. The zero-order valence-corrected chi connectivity index (χ0v) is 18.6. The number of benzene rings is 3. The third-order valence-electron chi connectivity index (χ3n) is 4.98. The minimum atomic E-state index is -0.584. The number of aromatic nitrogens is 4. The Labute approximate surface area is 196 Å². The molecule has 5 aromatic rings. The van der Waals surface area contributed by atoms with Gasteiger partial charge in [0.25, 0.3) is 5.91 Å². The smallest absolute Gasteiger partial charge is 0.256 e. The molecule has 170 valence electrons. The number of halogens is 2. The lowest BCUT2D eigenvalue weighted by molar-refractivity contribution is 0.102. The highest BCUT2D eigenvalue weighted by molar-refractivity contribution is 7.98.